The third kappa shape index (κ3) is 5.09. The first kappa shape index (κ1) is 28.0. The number of benzene rings is 2. The number of aliphatic hydroxyl groups is 1. The van der Waals surface area contributed by atoms with Crippen molar-refractivity contribution in [1.82, 2.24) is 15.1 Å². The number of rotatable bonds is 6. The van der Waals surface area contributed by atoms with Crippen LogP contribution in [-0.4, -0.2) is 76.6 Å². The van der Waals surface area contributed by atoms with Gasteiger partial charge in [0, 0.05) is 42.2 Å². The maximum Gasteiger partial charge on any atom is 0.408 e. The van der Waals surface area contributed by atoms with Crippen molar-refractivity contribution >= 4 is 28.7 Å². The Hall–Kier alpha value is -3.11. The number of likely N-dealkylation sites (tertiary alicyclic amines) is 1. The van der Waals surface area contributed by atoms with Gasteiger partial charge in [0.1, 0.15) is 22.5 Å². The van der Waals surface area contributed by atoms with E-state index in [4.69, 9.17) is 16.0 Å². The van der Waals surface area contributed by atoms with Crippen molar-refractivity contribution in [3.8, 4) is 17.1 Å². The number of hydrogen-bond acceptors (Lipinski definition) is 7. The van der Waals surface area contributed by atoms with E-state index in [0.717, 1.165) is 25.8 Å². The van der Waals surface area contributed by atoms with Crippen molar-refractivity contribution in [2.75, 3.05) is 33.2 Å². The Kier molecular flexibility index (Phi) is 7.48. The second-order valence-corrected chi connectivity index (χ2v) is 12.2. The number of aliphatic hydroxyl groups excluding tert-OH is 1. The first-order valence-electron chi connectivity index (χ1n) is 14.4. The maximum absolute atomic E-state index is 13.5. The van der Waals surface area contributed by atoms with E-state index < -0.39 is 29.1 Å². The molecule has 1 aromatic heterocycles. The first-order chi connectivity index (χ1) is 19.7. The Morgan fingerprint density at radius 2 is 2.00 bits per heavy atom. The van der Waals surface area contributed by atoms with Gasteiger partial charge in [0.2, 0.25) is 0 Å². The van der Waals surface area contributed by atoms with E-state index >= 15 is 0 Å². The van der Waals surface area contributed by atoms with Gasteiger partial charge in [-0.05, 0) is 76.0 Å². The molecule has 1 saturated carbocycles. The van der Waals surface area contributed by atoms with E-state index in [1.807, 2.05) is 11.9 Å². The van der Waals surface area contributed by atoms with Gasteiger partial charge in [-0.3, -0.25) is 9.69 Å². The number of carbonyl (C=O) groups is 1. The molecule has 3 fully saturated rings. The zero-order valence-corrected chi connectivity index (χ0v) is 23.9. The van der Waals surface area contributed by atoms with Crippen LogP contribution < -0.4 is 10.7 Å². The number of hydrogen-bond donors (Lipinski definition) is 4. The summed E-state index contributed by atoms with van der Waals surface area (Å²) >= 11 is 6.47. The molecule has 2 aromatic carbocycles. The second kappa shape index (κ2) is 10.9. The molecule has 218 valence electrons. The van der Waals surface area contributed by atoms with E-state index in [9.17, 15) is 24.9 Å². The standard InChI is InChI=1S/C31H36ClN3O6/c1-34-13-9-20(25(38)17-34)27-21(31(10-11-31)35(30(39)40)16-18-6-4-5-12-33-18)14-23(36)28-24(37)15-26(41-29(27)28)19-7-2-3-8-22(19)32/h2-3,7-8,14-15,18,20,25,33,36,38H,4-6,9-13,16-17H2,1H3,(H,39,40)/t18-,20+,25-/m1/s1. The molecule has 0 spiro atoms. The Labute approximate surface area is 243 Å². The number of phenolic OH excluding ortho intramolecular Hbond substituents is 1. The number of amides is 1. The molecule has 2 saturated heterocycles. The molecule has 0 bridgehead atoms. The monoisotopic (exact) mass is 581 g/mol. The summed E-state index contributed by atoms with van der Waals surface area (Å²) in [6, 6.07) is 9.95. The van der Waals surface area contributed by atoms with E-state index in [0.29, 0.717) is 60.6 Å². The molecular weight excluding hydrogens is 546 g/mol. The molecule has 3 atom stereocenters. The molecule has 1 amide bonds. The SMILES string of the molecule is CN1CC[C@H](c2c(C3(N(C[C@H]4CCCCN4)C(=O)O)CC3)cc(O)c3c(=O)cc(-c4ccccc4Cl)oc23)[C@H](O)C1. The predicted molar refractivity (Wildman–Crippen MR) is 157 cm³/mol. The highest BCUT2D eigenvalue weighted by Crippen LogP contribution is 2.56. The lowest BCUT2D eigenvalue weighted by atomic mass is 9.80. The number of nitrogens with one attached hydrogen (secondary N) is 1. The van der Waals surface area contributed by atoms with Crippen LogP contribution in [0.2, 0.25) is 5.02 Å². The van der Waals surface area contributed by atoms with Gasteiger partial charge in [0.25, 0.3) is 0 Å². The van der Waals surface area contributed by atoms with Gasteiger partial charge in [0.05, 0.1) is 16.7 Å². The largest absolute Gasteiger partial charge is 0.507 e. The third-order valence-corrected chi connectivity index (χ3v) is 9.43. The van der Waals surface area contributed by atoms with Crippen LogP contribution in [0.15, 0.2) is 45.6 Å². The molecule has 0 radical (unpaired) electrons. The molecule has 3 aliphatic rings. The lowest BCUT2D eigenvalue weighted by molar-refractivity contribution is 0.0624. The van der Waals surface area contributed by atoms with Gasteiger partial charge >= 0.3 is 6.09 Å². The summed E-state index contributed by atoms with van der Waals surface area (Å²) in [6.45, 7) is 2.29. The molecule has 9 nitrogen and oxygen atoms in total. The average Bonchev–Trinajstić information content (AvgIpc) is 3.74. The number of fused-ring (bicyclic) bond motifs is 1. The van der Waals surface area contributed by atoms with Crippen molar-refractivity contribution in [1.29, 1.82) is 0 Å². The van der Waals surface area contributed by atoms with Gasteiger partial charge in [-0.1, -0.05) is 30.2 Å². The summed E-state index contributed by atoms with van der Waals surface area (Å²) in [6.07, 6.45) is 2.91. The number of piperidine rings is 2. The van der Waals surface area contributed by atoms with Crippen molar-refractivity contribution in [3.05, 3.63) is 62.8 Å². The van der Waals surface area contributed by atoms with Crippen LogP contribution in [0, 0.1) is 0 Å². The van der Waals surface area contributed by atoms with Crippen LogP contribution in [0.25, 0.3) is 22.3 Å². The van der Waals surface area contributed by atoms with E-state index in [-0.39, 0.29) is 28.5 Å². The fourth-order valence-electron chi connectivity index (χ4n) is 6.85. The molecule has 4 N–H and O–H groups in total. The minimum atomic E-state index is -1.03. The Balaban J connectivity index is 1.58. The van der Waals surface area contributed by atoms with Crippen LogP contribution in [-0.2, 0) is 5.54 Å². The molecule has 1 aliphatic carbocycles. The topological polar surface area (TPSA) is 126 Å². The fraction of sp³-hybridized carbons (Fsp3) is 0.484. The van der Waals surface area contributed by atoms with Crippen LogP contribution >= 0.6 is 11.6 Å². The maximum atomic E-state index is 13.5. The Morgan fingerprint density at radius 3 is 2.66 bits per heavy atom. The van der Waals surface area contributed by atoms with Crippen LogP contribution in [0.5, 0.6) is 5.75 Å². The summed E-state index contributed by atoms with van der Waals surface area (Å²) < 4.78 is 6.46. The fourth-order valence-corrected chi connectivity index (χ4v) is 7.08. The molecule has 10 heteroatoms. The Bertz CT molecular complexity index is 1530. The normalized spacial score (nSPS) is 24.3. The quantitative estimate of drug-likeness (QED) is 0.330. The van der Waals surface area contributed by atoms with Gasteiger partial charge in [0.15, 0.2) is 5.43 Å². The minimum Gasteiger partial charge on any atom is -0.507 e. The number of carboxylic acid groups (broad SMARTS) is 1. The minimum absolute atomic E-state index is 0.0253. The lowest BCUT2D eigenvalue weighted by Gasteiger charge is -2.39. The molecule has 41 heavy (non-hydrogen) atoms. The van der Waals surface area contributed by atoms with E-state index in [2.05, 4.69) is 5.32 Å². The van der Waals surface area contributed by atoms with Crippen LogP contribution in [0.4, 0.5) is 4.79 Å². The number of halogens is 1. The highest BCUT2D eigenvalue weighted by molar-refractivity contribution is 6.33. The second-order valence-electron chi connectivity index (χ2n) is 11.8. The number of nitrogens with zero attached hydrogens (tertiary/aromatic N) is 2. The van der Waals surface area contributed by atoms with Crippen molar-refractivity contribution in [2.24, 2.45) is 0 Å². The number of β-amino-alcohol motifs (C(OH)–C–C–N with tert-alkyl or cyclic N) is 1. The van der Waals surface area contributed by atoms with Gasteiger partial charge in [-0.25, -0.2) is 4.79 Å². The van der Waals surface area contributed by atoms with Gasteiger partial charge in [-0.15, -0.1) is 0 Å². The molecular formula is C31H36ClN3O6. The summed E-state index contributed by atoms with van der Waals surface area (Å²) in [5.41, 5.74) is 0.598. The zero-order chi connectivity index (χ0) is 28.9. The van der Waals surface area contributed by atoms with Crippen molar-refractivity contribution in [3.63, 3.8) is 0 Å². The van der Waals surface area contributed by atoms with E-state index in [1.54, 1.807) is 30.3 Å². The molecule has 3 aromatic rings. The molecule has 3 heterocycles. The summed E-state index contributed by atoms with van der Waals surface area (Å²) in [7, 11) is 1.94. The summed E-state index contributed by atoms with van der Waals surface area (Å²) in [4.78, 5) is 29.8. The molecule has 0 unspecified atom stereocenters. The van der Waals surface area contributed by atoms with Gasteiger partial charge < -0.3 is 30.0 Å². The molecule has 2 aliphatic heterocycles. The number of phenols is 1. The molecule has 6 rings (SSSR count). The van der Waals surface area contributed by atoms with Crippen molar-refractivity contribution in [2.45, 2.75) is 62.1 Å². The third-order valence-electron chi connectivity index (χ3n) is 9.10. The Morgan fingerprint density at radius 1 is 1.22 bits per heavy atom. The van der Waals surface area contributed by atoms with Crippen LogP contribution in [0.3, 0.4) is 0 Å². The zero-order valence-electron chi connectivity index (χ0n) is 23.1. The van der Waals surface area contributed by atoms with Gasteiger partial charge in [-0.2, -0.15) is 0 Å². The smallest absolute Gasteiger partial charge is 0.408 e. The highest BCUT2D eigenvalue weighted by atomic mass is 35.5. The predicted octanol–water partition coefficient (Wildman–Crippen LogP) is 4.71. The lowest BCUT2D eigenvalue weighted by Crippen LogP contribution is -2.50. The highest BCUT2D eigenvalue weighted by Gasteiger charge is 2.55. The first-order valence-corrected chi connectivity index (χ1v) is 14.8. The van der Waals surface area contributed by atoms with Crippen LogP contribution in [0.1, 0.15) is 55.6 Å². The van der Waals surface area contributed by atoms with E-state index in [1.165, 1.54) is 11.0 Å². The van der Waals surface area contributed by atoms with Crippen molar-refractivity contribution < 1.29 is 24.5 Å². The number of aromatic hydroxyl groups is 1. The summed E-state index contributed by atoms with van der Waals surface area (Å²) in [5, 5.41) is 37.0. The average molecular weight is 582 g/mol. The summed E-state index contributed by atoms with van der Waals surface area (Å²) in [5.74, 6) is -0.428. The number of likely N-dealkylation sites (N-methyl/N-ethyl adjacent to an activating group) is 1.